The molecule has 2 aliphatic rings. The maximum Gasteiger partial charge on any atom is 0.315 e. The first-order valence-corrected chi connectivity index (χ1v) is 22.5. The molecule has 0 radical (unpaired) electrons. The van der Waals surface area contributed by atoms with Crippen LogP contribution in [0.15, 0.2) is 125 Å². The number of nitrogens with one attached hydrogen (secondary N) is 2. The van der Waals surface area contributed by atoms with E-state index in [4.69, 9.17) is 26.4 Å². The van der Waals surface area contributed by atoms with E-state index in [0.29, 0.717) is 56.0 Å². The molecule has 0 bridgehead atoms. The SMILES string of the molecule is CC[N+](CC)(CCCN)c1nc(=Nc2cccc(NN=C3C=C(C)C(=NN=C4C=CC(O)=C(N=Nc5cc(S(=O)(=O)O)ccc5O)C4=O)C=C3C)c2)nc([N+](CC)(CC)CCCN)[nH]1. The van der Waals surface area contributed by atoms with Crippen molar-refractivity contribution in [3.63, 3.8) is 0 Å². The fourth-order valence-electron chi connectivity index (χ4n) is 7.13. The molecule has 5 rings (SSSR count). The molecule has 20 nitrogen and oxygen atoms in total. The fraction of sp³-hybridized carbons (Fsp3) is 0.372. The van der Waals surface area contributed by atoms with Crippen LogP contribution in [0.2, 0.25) is 0 Å². The van der Waals surface area contributed by atoms with Gasteiger partial charge in [0.2, 0.25) is 5.78 Å². The Balaban J connectivity index is 1.39. The number of benzene rings is 2. The standard InChI is InChI=1S/C43H56N14O6S/c1-7-56(8-2,22-12-20-44)42-47-41(48-43(49-42)57(9-3,10-4)23-13-21-45)46-30-14-11-15-31(26-30)50-52-34-24-29(6)35(25-28(34)5)53-51-33-17-19-38(59)39(40(33)60)55-54-36-27-32(64(61,62)63)16-18-37(36)58/h11,14-19,24-27H,7-10,12-13,20-23,44-45H2,1-6H3,(H3-2,46,47,48,49,50,51,52,53,54,55,58,59,60,61,62,63)/p+2. The maximum absolute atomic E-state index is 13.2. The number of aromatic hydroxyl groups is 1. The first-order chi connectivity index (χ1) is 30.5. The predicted octanol–water partition coefficient (Wildman–Crippen LogP) is 5.54. The summed E-state index contributed by atoms with van der Waals surface area (Å²) in [7, 11) is -4.61. The minimum absolute atomic E-state index is 0.173. The van der Waals surface area contributed by atoms with Gasteiger partial charge in [-0.15, -0.1) is 25.3 Å². The topological polar surface area (TPSA) is 292 Å². The van der Waals surface area contributed by atoms with Crippen molar-refractivity contribution in [1.29, 1.82) is 0 Å². The number of carbonyl (C=O) groups excluding carboxylic acids is 1. The minimum Gasteiger partial charge on any atom is -0.506 e. The number of aliphatic hydroxyl groups excluding tert-OH is 1. The van der Waals surface area contributed by atoms with Gasteiger partial charge >= 0.3 is 11.9 Å². The van der Waals surface area contributed by atoms with Gasteiger partial charge < -0.3 is 21.7 Å². The van der Waals surface area contributed by atoms with Crippen LogP contribution in [-0.4, -0.2) is 113 Å². The first-order valence-electron chi connectivity index (χ1n) is 21.1. The Morgan fingerprint density at radius 2 is 1.38 bits per heavy atom. The third kappa shape index (κ3) is 11.4. The number of aromatic amines is 1. The molecule has 2 aliphatic carbocycles. The van der Waals surface area contributed by atoms with Crippen LogP contribution in [0.25, 0.3) is 0 Å². The number of phenolic OH excluding ortho intramolecular Hbond substituents is 1. The zero-order valence-corrected chi connectivity index (χ0v) is 37.8. The fourth-order valence-corrected chi connectivity index (χ4v) is 7.63. The summed E-state index contributed by atoms with van der Waals surface area (Å²) in [6, 6.07) is 10.3. The number of aromatic nitrogens is 3. The number of ketones is 1. The Morgan fingerprint density at radius 1 is 0.781 bits per heavy atom. The molecule has 1 aromatic heterocycles. The molecule has 0 atom stereocenters. The van der Waals surface area contributed by atoms with E-state index in [1.54, 1.807) is 6.08 Å². The number of nitrogens with two attached hydrogens (primary N) is 2. The summed E-state index contributed by atoms with van der Waals surface area (Å²) in [4.78, 5) is 31.3. The second kappa shape index (κ2) is 21.3. The molecule has 0 amide bonds. The van der Waals surface area contributed by atoms with E-state index in [1.165, 1.54) is 12.2 Å². The monoisotopic (exact) mass is 898 g/mol. The molecule has 340 valence electrons. The number of azo groups is 1. The van der Waals surface area contributed by atoms with Crippen LogP contribution in [-0.2, 0) is 14.9 Å². The highest BCUT2D eigenvalue weighted by Gasteiger charge is 2.35. The van der Waals surface area contributed by atoms with Gasteiger partial charge in [-0.3, -0.25) is 23.7 Å². The van der Waals surface area contributed by atoms with Crippen molar-refractivity contribution in [2.75, 3.05) is 57.8 Å². The van der Waals surface area contributed by atoms with E-state index >= 15 is 0 Å². The van der Waals surface area contributed by atoms with Crippen LogP contribution in [0.5, 0.6) is 5.75 Å². The molecule has 0 saturated carbocycles. The van der Waals surface area contributed by atoms with Crippen LogP contribution < -0.4 is 31.5 Å². The number of quaternary nitrogens is 2. The molecule has 0 saturated heterocycles. The second-order valence-corrected chi connectivity index (χ2v) is 16.6. The average molecular weight is 899 g/mol. The number of nitrogens with zero attached hydrogens (tertiary/aromatic N) is 10. The van der Waals surface area contributed by atoms with Gasteiger partial charge in [-0.25, -0.2) is 9.98 Å². The van der Waals surface area contributed by atoms with Gasteiger partial charge in [0.05, 0.1) is 67.0 Å². The first kappa shape index (κ1) is 48.7. The van der Waals surface area contributed by atoms with Gasteiger partial charge in [0.25, 0.3) is 15.7 Å². The van der Waals surface area contributed by atoms with Crippen LogP contribution >= 0.6 is 0 Å². The summed E-state index contributed by atoms with van der Waals surface area (Å²) in [6.07, 6.45) is 7.69. The Hall–Kier alpha value is -6.36. The molecular weight excluding hydrogens is 841 g/mol. The highest BCUT2D eigenvalue weighted by molar-refractivity contribution is 7.85. The largest absolute Gasteiger partial charge is 0.506 e. The number of rotatable bonds is 19. The molecule has 3 aromatic rings. The lowest BCUT2D eigenvalue weighted by Gasteiger charge is -2.37. The highest BCUT2D eigenvalue weighted by Crippen LogP contribution is 2.31. The van der Waals surface area contributed by atoms with Gasteiger partial charge in [-0.05, 0) is 126 Å². The number of Topliss-reactive ketones (excluding diaryl/α,β-unsaturated/α-hetero) is 1. The van der Waals surface area contributed by atoms with Crippen molar-refractivity contribution in [3.8, 4) is 5.75 Å². The summed E-state index contributed by atoms with van der Waals surface area (Å²) < 4.78 is 33.6. The molecule has 0 fully saturated rings. The lowest BCUT2D eigenvalue weighted by atomic mass is 9.98. The lowest BCUT2D eigenvalue weighted by Crippen LogP contribution is -2.55. The number of hydrogen-bond donors (Lipinski definition) is 7. The van der Waals surface area contributed by atoms with Crippen molar-refractivity contribution in [3.05, 3.63) is 95.0 Å². The Bertz CT molecular complexity index is 2620. The number of H-pyrrole nitrogens is 1. The van der Waals surface area contributed by atoms with Crippen LogP contribution in [0.3, 0.4) is 0 Å². The third-order valence-electron chi connectivity index (χ3n) is 11.3. The minimum atomic E-state index is -4.61. The Morgan fingerprint density at radius 3 is 1.97 bits per heavy atom. The van der Waals surface area contributed by atoms with Crippen LogP contribution in [0.1, 0.15) is 54.4 Å². The smallest absolute Gasteiger partial charge is 0.315 e. The molecular formula is C43H58N14O6S+2. The molecule has 0 aliphatic heterocycles. The second-order valence-electron chi connectivity index (χ2n) is 15.2. The van der Waals surface area contributed by atoms with Gasteiger partial charge in [-0.2, -0.15) is 18.6 Å². The van der Waals surface area contributed by atoms with E-state index in [-0.39, 0.29) is 11.4 Å². The highest BCUT2D eigenvalue weighted by atomic mass is 32.2. The number of hydrogen-bond acceptors (Lipinski definition) is 16. The summed E-state index contributed by atoms with van der Waals surface area (Å²) in [5.74, 6) is -0.250. The van der Waals surface area contributed by atoms with Gasteiger partial charge in [0.1, 0.15) is 22.9 Å². The summed E-state index contributed by atoms with van der Waals surface area (Å²) in [6.45, 7) is 18.4. The number of hydrazone groups is 1. The van der Waals surface area contributed by atoms with Gasteiger partial charge in [0.15, 0.2) is 5.70 Å². The number of anilines is 1. The molecule has 0 spiro atoms. The zero-order valence-electron chi connectivity index (χ0n) is 37.0. The van der Waals surface area contributed by atoms with E-state index in [1.807, 2.05) is 44.2 Å². The molecule has 21 heteroatoms. The van der Waals surface area contributed by atoms with Crippen LogP contribution in [0.4, 0.5) is 29.0 Å². The Labute approximate surface area is 372 Å². The van der Waals surface area contributed by atoms with Crippen LogP contribution in [0, 0.1) is 0 Å². The number of allylic oxidation sites excluding steroid dienone is 7. The average Bonchev–Trinajstić information content (AvgIpc) is 3.28. The molecule has 2 aromatic carbocycles. The summed E-state index contributed by atoms with van der Waals surface area (Å²) >= 11 is 0. The lowest BCUT2D eigenvalue weighted by molar-refractivity contribution is -0.110. The predicted molar refractivity (Wildman–Crippen MR) is 251 cm³/mol. The number of aliphatic hydroxyl groups is 1. The van der Waals surface area contributed by atoms with E-state index in [9.17, 15) is 28.0 Å². The van der Waals surface area contributed by atoms with Crippen molar-refractivity contribution >= 4 is 62.0 Å². The molecule has 0 unspecified atom stereocenters. The van der Waals surface area contributed by atoms with Crippen molar-refractivity contribution < 1.29 is 28.0 Å². The Kier molecular flexibility index (Phi) is 16.2. The van der Waals surface area contributed by atoms with Crippen molar-refractivity contribution in [2.45, 2.75) is 59.3 Å². The van der Waals surface area contributed by atoms with Gasteiger partial charge in [-0.1, -0.05) is 6.07 Å². The zero-order chi connectivity index (χ0) is 46.7. The molecule has 1 heterocycles. The van der Waals surface area contributed by atoms with E-state index in [2.05, 4.69) is 63.6 Å². The van der Waals surface area contributed by atoms with E-state index in [0.717, 1.165) is 87.8 Å². The third-order valence-corrected chi connectivity index (χ3v) is 12.1. The molecule has 64 heavy (non-hydrogen) atoms. The number of phenols is 1. The van der Waals surface area contributed by atoms with Gasteiger partial charge in [0, 0.05) is 12.8 Å². The quantitative estimate of drug-likeness (QED) is 0.0196. The van der Waals surface area contributed by atoms with Crippen molar-refractivity contribution in [1.82, 2.24) is 23.9 Å². The summed E-state index contributed by atoms with van der Waals surface area (Å²) in [5.41, 5.74) is 18.2. The number of carbonyl (C=O) groups is 1. The van der Waals surface area contributed by atoms with Crippen molar-refractivity contribution in [2.24, 2.45) is 42.0 Å². The molecule has 9 N–H and O–H groups in total. The van der Waals surface area contributed by atoms with E-state index < -0.39 is 38.0 Å². The maximum atomic E-state index is 13.2. The summed E-state index contributed by atoms with van der Waals surface area (Å²) in [5, 5.41) is 40.9. The normalized spacial score (nSPS) is 16.9.